The predicted octanol–water partition coefficient (Wildman–Crippen LogP) is 1.00. The molecule has 1 heterocycles. The minimum atomic E-state index is -2.36. The lowest BCUT2D eigenvalue weighted by atomic mass is 10.2. The standard InChI is InChI=1S/C6H9F2N/c7-6(8)4-2-1-3-9-5(4)6/h4-5,9H,1-3H2/t4-,5-/m0/s1. The SMILES string of the molecule is FC1(F)[C@H]2CCCN[C@@H]21. The first kappa shape index (κ1) is 5.59. The van der Waals surface area contributed by atoms with Crippen molar-refractivity contribution >= 4 is 0 Å². The molecule has 2 atom stereocenters. The van der Waals surface area contributed by atoms with Gasteiger partial charge in [-0.25, -0.2) is 8.78 Å². The van der Waals surface area contributed by atoms with Gasteiger partial charge in [0, 0.05) is 5.92 Å². The van der Waals surface area contributed by atoms with Crippen LogP contribution < -0.4 is 5.32 Å². The number of nitrogens with one attached hydrogen (secondary N) is 1. The molecule has 0 amide bonds. The van der Waals surface area contributed by atoms with Crippen LogP contribution in [-0.4, -0.2) is 18.5 Å². The quantitative estimate of drug-likeness (QED) is 0.520. The summed E-state index contributed by atoms with van der Waals surface area (Å²) < 4.78 is 24.9. The zero-order valence-corrected chi connectivity index (χ0v) is 5.03. The van der Waals surface area contributed by atoms with Crippen molar-refractivity contribution in [2.45, 2.75) is 24.8 Å². The normalized spacial score (nSPS) is 46.0. The van der Waals surface area contributed by atoms with E-state index in [9.17, 15) is 8.78 Å². The average Bonchev–Trinajstić information content (AvgIpc) is 2.39. The fourth-order valence-electron chi connectivity index (χ4n) is 1.61. The van der Waals surface area contributed by atoms with E-state index >= 15 is 0 Å². The van der Waals surface area contributed by atoms with Crippen LogP contribution in [0.1, 0.15) is 12.8 Å². The predicted molar refractivity (Wildman–Crippen MR) is 29.5 cm³/mol. The second-order valence-electron chi connectivity index (χ2n) is 2.86. The summed E-state index contributed by atoms with van der Waals surface area (Å²) in [6, 6.07) is -0.466. The Bertz CT molecular complexity index is 121. The highest BCUT2D eigenvalue weighted by atomic mass is 19.3. The van der Waals surface area contributed by atoms with E-state index < -0.39 is 12.0 Å². The average molecular weight is 133 g/mol. The van der Waals surface area contributed by atoms with Crippen LogP contribution in [0.25, 0.3) is 0 Å². The molecule has 0 spiro atoms. The number of hydrogen-bond donors (Lipinski definition) is 1. The van der Waals surface area contributed by atoms with Gasteiger partial charge in [-0.2, -0.15) is 0 Å². The molecule has 2 aliphatic rings. The molecule has 1 aliphatic heterocycles. The summed E-state index contributed by atoms with van der Waals surface area (Å²) in [6.07, 6.45) is 1.63. The molecule has 1 saturated heterocycles. The topological polar surface area (TPSA) is 12.0 Å². The number of rotatable bonds is 0. The van der Waals surface area contributed by atoms with Gasteiger partial charge in [0.2, 0.25) is 0 Å². The van der Waals surface area contributed by atoms with Crippen LogP contribution in [0.3, 0.4) is 0 Å². The molecule has 1 aliphatic carbocycles. The fraction of sp³-hybridized carbons (Fsp3) is 1.00. The first-order valence-electron chi connectivity index (χ1n) is 3.34. The molecule has 3 heteroatoms. The van der Waals surface area contributed by atoms with Crippen molar-refractivity contribution < 1.29 is 8.78 Å². The van der Waals surface area contributed by atoms with Gasteiger partial charge in [0.15, 0.2) is 0 Å². The van der Waals surface area contributed by atoms with Gasteiger partial charge in [-0.15, -0.1) is 0 Å². The molecule has 1 N–H and O–H groups in total. The van der Waals surface area contributed by atoms with Crippen LogP contribution >= 0.6 is 0 Å². The third-order valence-electron chi connectivity index (χ3n) is 2.26. The van der Waals surface area contributed by atoms with Gasteiger partial charge in [-0.05, 0) is 19.4 Å². The van der Waals surface area contributed by atoms with Gasteiger partial charge < -0.3 is 5.32 Å². The molecule has 2 fully saturated rings. The zero-order valence-electron chi connectivity index (χ0n) is 5.03. The van der Waals surface area contributed by atoms with Gasteiger partial charge in [0.05, 0.1) is 6.04 Å². The Kier molecular flexibility index (Phi) is 0.903. The summed E-state index contributed by atoms with van der Waals surface area (Å²) in [6.45, 7) is 0.775. The first-order valence-corrected chi connectivity index (χ1v) is 3.34. The summed E-state index contributed by atoms with van der Waals surface area (Å²) in [5.41, 5.74) is 0. The van der Waals surface area contributed by atoms with Crippen molar-refractivity contribution in [2.75, 3.05) is 6.54 Å². The molecule has 0 aromatic heterocycles. The maximum atomic E-state index is 12.4. The van der Waals surface area contributed by atoms with Crippen LogP contribution in [0.15, 0.2) is 0 Å². The van der Waals surface area contributed by atoms with E-state index in [0.29, 0.717) is 6.42 Å². The minimum absolute atomic E-state index is 0.328. The largest absolute Gasteiger partial charge is 0.308 e. The third-order valence-corrected chi connectivity index (χ3v) is 2.26. The van der Waals surface area contributed by atoms with Crippen LogP contribution in [0.5, 0.6) is 0 Å². The molecule has 1 saturated carbocycles. The van der Waals surface area contributed by atoms with E-state index in [1.165, 1.54) is 0 Å². The molecule has 0 bridgehead atoms. The Hall–Kier alpha value is -0.180. The number of alkyl halides is 2. The van der Waals surface area contributed by atoms with Crippen LogP contribution in [-0.2, 0) is 0 Å². The third kappa shape index (κ3) is 0.611. The van der Waals surface area contributed by atoms with E-state index in [-0.39, 0.29) is 5.92 Å². The number of piperidine rings is 1. The zero-order chi connectivity index (χ0) is 6.48. The summed E-state index contributed by atoms with van der Waals surface area (Å²) in [4.78, 5) is 0. The first-order chi connectivity index (χ1) is 4.23. The smallest absolute Gasteiger partial charge is 0.268 e. The van der Waals surface area contributed by atoms with Gasteiger partial charge in [-0.1, -0.05) is 0 Å². The molecular formula is C6H9F2N. The second-order valence-corrected chi connectivity index (χ2v) is 2.86. The summed E-state index contributed by atoms with van der Waals surface area (Å²) in [5.74, 6) is -2.69. The van der Waals surface area contributed by atoms with Crippen molar-refractivity contribution in [3.05, 3.63) is 0 Å². The second kappa shape index (κ2) is 1.45. The molecule has 1 nitrogen and oxygen atoms in total. The maximum Gasteiger partial charge on any atom is 0.268 e. The van der Waals surface area contributed by atoms with Crippen LogP contribution in [0, 0.1) is 5.92 Å². The summed E-state index contributed by atoms with van der Waals surface area (Å²) in [7, 11) is 0. The Morgan fingerprint density at radius 2 is 2.22 bits per heavy atom. The minimum Gasteiger partial charge on any atom is -0.308 e. The monoisotopic (exact) mass is 133 g/mol. The van der Waals surface area contributed by atoms with Crippen molar-refractivity contribution in [1.82, 2.24) is 5.32 Å². The van der Waals surface area contributed by atoms with E-state index in [2.05, 4.69) is 5.32 Å². The van der Waals surface area contributed by atoms with Crippen LogP contribution in [0.2, 0.25) is 0 Å². The highest BCUT2D eigenvalue weighted by molar-refractivity contribution is 5.12. The Morgan fingerprint density at radius 1 is 1.44 bits per heavy atom. The molecule has 2 rings (SSSR count). The Labute approximate surface area is 52.4 Å². The number of hydrogen-bond acceptors (Lipinski definition) is 1. The van der Waals surface area contributed by atoms with Crippen molar-refractivity contribution in [1.29, 1.82) is 0 Å². The van der Waals surface area contributed by atoms with Gasteiger partial charge in [0.25, 0.3) is 5.92 Å². The van der Waals surface area contributed by atoms with E-state index in [0.717, 1.165) is 13.0 Å². The lowest BCUT2D eigenvalue weighted by molar-refractivity contribution is 0.0920. The lowest BCUT2D eigenvalue weighted by Gasteiger charge is -2.05. The molecule has 0 aromatic carbocycles. The van der Waals surface area contributed by atoms with Crippen molar-refractivity contribution in [3.63, 3.8) is 0 Å². The Morgan fingerprint density at radius 3 is 2.67 bits per heavy atom. The molecule has 52 valence electrons. The molecular weight excluding hydrogens is 124 g/mol. The van der Waals surface area contributed by atoms with Crippen LogP contribution in [0.4, 0.5) is 8.78 Å². The van der Waals surface area contributed by atoms with Gasteiger partial charge in [0.1, 0.15) is 0 Å². The summed E-state index contributed by atoms with van der Waals surface area (Å²) in [5, 5.41) is 2.80. The fourth-order valence-corrected chi connectivity index (χ4v) is 1.61. The maximum absolute atomic E-state index is 12.4. The molecule has 0 radical (unpaired) electrons. The summed E-state index contributed by atoms with van der Waals surface area (Å²) >= 11 is 0. The molecule has 9 heavy (non-hydrogen) atoms. The highest BCUT2D eigenvalue weighted by Gasteiger charge is 2.68. The van der Waals surface area contributed by atoms with E-state index in [1.54, 1.807) is 0 Å². The number of fused-ring (bicyclic) bond motifs is 1. The van der Waals surface area contributed by atoms with Gasteiger partial charge >= 0.3 is 0 Å². The van der Waals surface area contributed by atoms with Crippen molar-refractivity contribution in [3.8, 4) is 0 Å². The molecule has 0 unspecified atom stereocenters. The van der Waals surface area contributed by atoms with Gasteiger partial charge in [-0.3, -0.25) is 0 Å². The lowest BCUT2D eigenvalue weighted by Crippen LogP contribution is -2.25. The Balaban J connectivity index is 2.06. The highest BCUT2D eigenvalue weighted by Crippen LogP contribution is 2.52. The van der Waals surface area contributed by atoms with Crippen molar-refractivity contribution in [2.24, 2.45) is 5.92 Å². The van der Waals surface area contributed by atoms with E-state index in [4.69, 9.17) is 0 Å². The molecule has 0 aromatic rings. The van der Waals surface area contributed by atoms with E-state index in [1.807, 2.05) is 0 Å². The number of halogens is 2.